The molecular weight excluding hydrogens is 220 g/mol. The second-order valence-corrected chi connectivity index (χ2v) is 6.68. The minimum absolute atomic E-state index is 0.164. The van der Waals surface area contributed by atoms with E-state index in [1.165, 1.54) is 11.8 Å². The molecule has 0 saturated carbocycles. The predicted molar refractivity (Wildman–Crippen MR) is 68.5 cm³/mol. The lowest BCUT2D eigenvalue weighted by Crippen LogP contribution is -2.17. The molecule has 1 aromatic carbocycles. The summed E-state index contributed by atoms with van der Waals surface area (Å²) in [6.07, 6.45) is -1.02. The van der Waals surface area contributed by atoms with E-state index in [0.29, 0.717) is 5.56 Å². The SMILES string of the molecule is Cc1ccc([C@@H](O)C(=O)SC(C)(C)C)cc1. The molecule has 0 aliphatic rings. The minimum atomic E-state index is -1.02. The zero-order valence-electron chi connectivity index (χ0n) is 10.2. The monoisotopic (exact) mass is 238 g/mol. The van der Waals surface area contributed by atoms with Gasteiger partial charge in [-0.05, 0) is 12.5 Å². The Kier molecular flexibility index (Phi) is 4.16. The molecule has 1 aromatic rings. The lowest BCUT2D eigenvalue weighted by Gasteiger charge is -2.18. The molecule has 2 nitrogen and oxygen atoms in total. The predicted octanol–water partition coefficient (Wildman–Crippen LogP) is 3.09. The second kappa shape index (κ2) is 5.02. The van der Waals surface area contributed by atoms with Crippen LogP contribution in [-0.4, -0.2) is 15.0 Å². The number of benzene rings is 1. The van der Waals surface area contributed by atoms with Crippen LogP contribution >= 0.6 is 11.8 Å². The Labute approximate surface area is 101 Å². The second-order valence-electron chi connectivity index (χ2n) is 4.85. The molecule has 0 aromatic heterocycles. The molecule has 0 amide bonds. The molecule has 0 aliphatic heterocycles. The molecule has 1 rings (SSSR count). The Balaban J connectivity index is 2.74. The van der Waals surface area contributed by atoms with E-state index in [2.05, 4.69) is 0 Å². The van der Waals surface area contributed by atoms with Crippen molar-refractivity contribution < 1.29 is 9.90 Å². The van der Waals surface area contributed by atoms with Gasteiger partial charge in [-0.1, -0.05) is 62.4 Å². The van der Waals surface area contributed by atoms with Gasteiger partial charge in [0.2, 0.25) is 5.12 Å². The summed E-state index contributed by atoms with van der Waals surface area (Å²) < 4.78 is -0.164. The molecule has 1 atom stereocenters. The Hall–Kier alpha value is -0.800. The number of rotatable bonds is 2. The smallest absolute Gasteiger partial charge is 0.222 e. The molecule has 16 heavy (non-hydrogen) atoms. The Morgan fingerprint density at radius 1 is 1.25 bits per heavy atom. The molecule has 3 heteroatoms. The van der Waals surface area contributed by atoms with Gasteiger partial charge in [0, 0.05) is 4.75 Å². The van der Waals surface area contributed by atoms with E-state index in [9.17, 15) is 9.90 Å². The first-order chi connectivity index (χ1) is 7.29. The number of aliphatic hydroxyl groups is 1. The third-order valence-electron chi connectivity index (χ3n) is 2.02. The summed E-state index contributed by atoms with van der Waals surface area (Å²) in [5.74, 6) is 0. The Bertz CT molecular complexity index is 363. The van der Waals surface area contributed by atoms with Gasteiger partial charge in [0.15, 0.2) is 0 Å². The van der Waals surface area contributed by atoms with Gasteiger partial charge in [-0.15, -0.1) is 0 Å². The maximum absolute atomic E-state index is 11.8. The van der Waals surface area contributed by atoms with Crippen molar-refractivity contribution in [2.24, 2.45) is 0 Å². The Morgan fingerprint density at radius 3 is 2.19 bits per heavy atom. The largest absolute Gasteiger partial charge is 0.380 e. The van der Waals surface area contributed by atoms with E-state index in [4.69, 9.17) is 0 Å². The molecule has 0 bridgehead atoms. The molecule has 0 fully saturated rings. The van der Waals surface area contributed by atoms with Crippen LogP contribution in [0.2, 0.25) is 0 Å². The van der Waals surface area contributed by atoms with Gasteiger partial charge in [0.25, 0.3) is 0 Å². The molecule has 0 spiro atoms. The van der Waals surface area contributed by atoms with Gasteiger partial charge >= 0.3 is 0 Å². The maximum atomic E-state index is 11.8. The van der Waals surface area contributed by atoms with Crippen molar-refractivity contribution in [3.63, 3.8) is 0 Å². The topological polar surface area (TPSA) is 37.3 Å². The summed E-state index contributed by atoms with van der Waals surface area (Å²) in [6.45, 7) is 7.84. The molecule has 1 N–H and O–H groups in total. The van der Waals surface area contributed by atoms with Crippen molar-refractivity contribution in [3.05, 3.63) is 35.4 Å². The van der Waals surface area contributed by atoms with Crippen molar-refractivity contribution in [2.45, 2.75) is 38.5 Å². The summed E-state index contributed by atoms with van der Waals surface area (Å²) >= 11 is 1.17. The normalized spacial score (nSPS) is 13.6. The molecule has 0 radical (unpaired) electrons. The van der Waals surface area contributed by atoms with Crippen LogP contribution in [0.4, 0.5) is 0 Å². The summed E-state index contributed by atoms with van der Waals surface area (Å²) in [6, 6.07) is 7.38. The highest BCUT2D eigenvalue weighted by Crippen LogP contribution is 2.29. The zero-order chi connectivity index (χ0) is 12.3. The van der Waals surface area contributed by atoms with Crippen molar-refractivity contribution in [3.8, 4) is 0 Å². The van der Waals surface area contributed by atoms with Crippen LogP contribution in [-0.2, 0) is 4.79 Å². The van der Waals surface area contributed by atoms with Crippen molar-refractivity contribution >= 4 is 16.9 Å². The van der Waals surface area contributed by atoms with Gasteiger partial charge < -0.3 is 5.11 Å². The van der Waals surface area contributed by atoms with E-state index in [-0.39, 0.29) is 9.86 Å². The van der Waals surface area contributed by atoms with Gasteiger partial charge in [0.05, 0.1) is 0 Å². The summed E-state index contributed by atoms with van der Waals surface area (Å²) in [5, 5.41) is 9.68. The van der Waals surface area contributed by atoms with E-state index in [1.54, 1.807) is 12.1 Å². The number of aliphatic hydroxyl groups excluding tert-OH is 1. The lowest BCUT2D eigenvalue weighted by atomic mass is 10.1. The molecule has 0 aliphatic carbocycles. The quantitative estimate of drug-likeness (QED) is 0.860. The van der Waals surface area contributed by atoms with Crippen LogP contribution in [0.1, 0.15) is 38.0 Å². The van der Waals surface area contributed by atoms with Crippen LogP contribution < -0.4 is 0 Å². The average molecular weight is 238 g/mol. The van der Waals surface area contributed by atoms with E-state index >= 15 is 0 Å². The minimum Gasteiger partial charge on any atom is -0.380 e. The van der Waals surface area contributed by atoms with Crippen LogP contribution in [0.25, 0.3) is 0 Å². The van der Waals surface area contributed by atoms with Crippen molar-refractivity contribution in [2.75, 3.05) is 0 Å². The molecule has 88 valence electrons. The molecule has 0 heterocycles. The molecule has 0 unspecified atom stereocenters. The highest BCUT2D eigenvalue weighted by atomic mass is 32.2. The van der Waals surface area contributed by atoms with Gasteiger partial charge in [-0.2, -0.15) is 0 Å². The third kappa shape index (κ3) is 3.99. The van der Waals surface area contributed by atoms with Crippen molar-refractivity contribution in [1.82, 2.24) is 0 Å². The fourth-order valence-electron chi connectivity index (χ4n) is 1.24. The highest BCUT2D eigenvalue weighted by molar-refractivity contribution is 8.14. The molecular formula is C13H18O2S. The maximum Gasteiger partial charge on any atom is 0.222 e. The number of carbonyl (C=O) groups excluding carboxylic acids is 1. The fraction of sp³-hybridized carbons (Fsp3) is 0.462. The number of carbonyl (C=O) groups is 1. The van der Waals surface area contributed by atoms with E-state index < -0.39 is 6.10 Å². The first kappa shape index (κ1) is 13.3. The first-order valence-electron chi connectivity index (χ1n) is 5.27. The van der Waals surface area contributed by atoms with Gasteiger partial charge in [0.1, 0.15) is 6.10 Å². The number of thioether (sulfide) groups is 1. The third-order valence-corrected chi connectivity index (χ3v) is 3.06. The number of hydrogen-bond acceptors (Lipinski definition) is 3. The molecule has 0 saturated heterocycles. The van der Waals surface area contributed by atoms with Gasteiger partial charge in [-0.3, -0.25) is 4.79 Å². The van der Waals surface area contributed by atoms with Crippen LogP contribution in [0.5, 0.6) is 0 Å². The van der Waals surface area contributed by atoms with Crippen LogP contribution in [0.15, 0.2) is 24.3 Å². The van der Waals surface area contributed by atoms with Gasteiger partial charge in [-0.25, -0.2) is 0 Å². The average Bonchev–Trinajstić information content (AvgIpc) is 2.15. The van der Waals surface area contributed by atoms with E-state index in [0.717, 1.165) is 5.56 Å². The first-order valence-corrected chi connectivity index (χ1v) is 6.09. The summed E-state index contributed by atoms with van der Waals surface area (Å²) in [7, 11) is 0. The highest BCUT2D eigenvalue weighted by Gasteiger charge is 2.23. The summed E-state index contributed by atoms with van der Waals surface area (Å²) in [5.41, 5.74) is 1.78. The van der Waals surface area contributed by atoms with Crippen molar-refractivity contribution in [1.29, 1.82) is 0 Å². The fourth-order valence-corrected chi connectivity index (χ4v) is 2.09. The lowest BCUT2D eigenvalue weighted by molar-refractivity contribution is -0.118. The standard InChI is InChI=1S/C13H18O2S/c1-9-5-7-10(8-6-9)11(14)12(15)16-13(2,3)4/h5-8,11,14H,1-4H3/t11-/m1/s1. The zero-order valence-corrected chi connectivity index (χ0v) is 11.0. The Morgan fingerprint density at radius 2 is 1.75 bits per heavy atom. The van der Waals surface area contributed by atoms with Crippen LogP contribution in [0.3, 0.4) is 0 Å². The van der Waals surface area contributed by atoms with E-state index in [1.807, 2.05) is 39.8 Å². The number of aryl methyl sites for hydroxylation is 1. The van der Waals surface area contributed by atoms with Crippen LogP contribution in [0, 0.1) is 6.92 Å². The number of hydrogen-bond donors (Lipinski definition) is 1. The summed E-state index contributed by atoms with van der Waals surface area (Å²) in [4.78, 5) is 11.8.